The highest BCUT2D eigenvalue weighted by atomic mass is 31.2. The number of phosphoric ester groups is 1. The van der Waals surface area contributed by atoms with Gasteiger partial charge in [-0.05, 0) is 70.6 Å². The molecule has 0 aromatic rings. The number of carbonyl (C=O) groups is 1. The second-order valence-electron chi connectivity index (χ2n) is 15.1. The van der Waals surface area contributed by atoms with Crippen LogP contribution in [0.1, 0.15) is 194 Å². The first-order valence-corrected chi connectivity index (χ1v) is 24.1. The molecule has 3 atom stereocenters. The molecule has 0 amide bonds. The maximum atomic E-state index is 12.6. The lowest BCUT2D eigenvalue weighted by molar-refractivity contribution is -0.154. The zero-order valence-corrected chi connectivity index (χ0v) is 36.7. The molecule has 0 spiro atoms. The molecule has 0 heterocycles. The molecule has 56 heavy (non-hydrogen) atoms. The normalized spacial score (nSPS) is 14.4. The van der Waals surface area contributed by atoms with Crippen molar-refractivity contribution in [2.75, 3.05) is 33.0 Å². The van der Waals surface area contributed by atoms with Crippen molar-refractivity contribution >= 4 is 13.8 Å². The third-order valence-corrected chi connectivity index (χ3v) is 10.4. The van der Waals surface area contributed by atoms with Gasteiger partial charge in [0.1, 0.15) is 12.2 Å². The summed E-state index contributed by atoms with van der Waals surface area (Å²) in [5.41, 5.74) is 0. The second-order valence-corrected chi connectivity index (χ2v) is 16.5. The van der Waals surface area contributed by atoms with Gasteiger partial charge in [-0.25, -0.2) is 4.57 Å². The smallest absolute Gasteiger partial charge is 0.457 e. The lowest BCUT2D eigenvalue weighted by atomic mass is 10.1. The molecule has 0 aromatic heterocycles. The summed E-state index contributed by atoms with van der Waals surface area (Å²) in [5, 5.41) is 18.3. The van der Waals surface area contributed by atoms with Gasteiger partial charge in [-0.3, -0.25) is 13.8 Å². The molecule has 10 heteroatoms. The average molecular weight is 813 g/mol. The monoisotopic (exact) mass is 813 g/mol. The molecule has 0 radical (unpaired) electrons. The average Bonchev–Trinajstić information content (AvgIpc) is 3.19. The first-order valence-electron chi connectivity index (χ1n) is 22.6. The highest BCUT2D eigenvalue weighted by Gasteiger charge is 2.26. The summed E-state index contributed by atoms with van der Waals surface area (Å²) < 4.78 is 33.3. The van der Waals surface area contributed by atoms with Crippen molar-refractivity contribution in [2.24, 2.45) is 0 Å². The maximum absolute atomic E-state index is 12.6. The van der Waals surface area contributed by atoms with E-state index in [-0.39, 0.29) is 19.6 Å². The van der Waals surface area contributed by atoms with E-state index in [0.717, 1.165) is 70.6 Å². The van der Waals surface area contributed by atoms with Crippen LogP contribution in [0.3, 0.4) is 0 Å². The van der Waals surface area contributed by atoms with Gasteiger partial charge in [0.25, 0.3) is 0 Å². The number of allylic oxidation sites excluding steroid dienone is 8. The van der Waals surface area contributed by atoms with Gasteiger partial charge in [0, 0.05) is 13.0 Å². The number of ether oxygens (including phenoxy) is 2. The van der Waals surface area contributed by atoms with Crippen molar-refractivity contribution in [1.29, 1.82) is 0 Å². The highest BCUT2D eigenvalue weighted by Crippen LogP contribution is 2.43. The van der Waals surface area contributed by atoms with Crippen LogP contribution in [-0.2, 0) is 27.9 Å². The molecular formula is C46H85O9P. The van der Waals surface area contributed by atoms with E-state index in [1.165, 1.54) is 103 Å². The van der Waals surface area contributed by atoms with E-state index >= 15 is 0 Å². The van der Waals surface area contributed by atoms with Gasteiger partial charge in [0.2, 0.25) is 0 Å². The van der Waals surface area contributed by atoms with Crippen molar-refractivity contribution in [3.63, 3.8) is 0 Å². The summed E-state index contributed by atoms with van der Waals surface area (Å²) in [7, 11) is -4.52. The molecular weight excluding hydrogens is 727 g/mol. The van der Waals surface area contributed by atoms with Gasteiger partial charge >= 0.3 is 13.8 Å². The summed E-state index contributed by atoms with van der Waals surface area (Å²) in [5.74, 6) is -0.393. The van der Waals surface area contributed by atoms with Gasteiger partial charge < -0.3 is 24.6 Å². The molecule has 0 aliphatic heterocycles. The molecule has 0 rings (SSSR count). The predicted molar refractivity (Wildman–Crippen MR) is 233 cm³/mol. The number of phosphoric acid groups is 1. The summed E-state index contributed by atoms with van der Waals surface area (Å²) in [6.07, 6.45) is 47.8. The Morgan fingerprint density at radius 1 is 0.554 bits per heavy atom. The van der Waals surface area contributed by atoms with Crippen LogP contribution in [0.25, 0.3) is 0 Å². The fourth-order valence-corrected chi connectivity index (χ4v) is 6.78. The molecule has 328 valence electrons. The van der Waals surface area contributed by atoms with Gasteiger partial charge in [0.15, 0.2) is 0 Å². The minimum absolute atomic E-state index is 0.0411. The molecule has 3 N–H and O–H groups in total. The topological polar surface area (TPSA) is 132 Å². The molecule has 0 aromatic carbocycles. The minimum atomic E-state index is -4.52. The van der Waals surface area contributed by atoms with E-state index < -0.39 is 39.2 Å². The quantitative estimate of drug-likeness (QED) is 0.0238. The number of rotatable bonds is 43. The first-order chi connectivity index (χ1) is 27.3. The Balaban J connectivity index is 4.12. The van der Waals surface area contributed by atoms with Crippen LogP contribution in [-0.4, -0.2) is 66.3 Å². The molecule has 3 unspecified atom stereocenters. The Kier molecular flexibility index (Phi) is 41.8. The Hall–Kier alpha value is -1.58. The summed E-state index contributed by atoms with van der Waals surface area (Å²) in [6, 6.07) is 0. The van der Waals surface area contributed by atoms with E-state index in [0.29, 0.717) is 6.61 Å². The van der Waals surface area contributed by atoms with Gasteiger partial charge in [-0.1, -0.05) is 165 Å². The number of carbonyl (C=O) groups excluding carboxylic acids is 1. The number of aliphatic hydroxyl groups is 2. The van der Waals surface area contributed by atoms with Crippen molar-refractivity contribution in [3.05, 3.63) is 48.6 Å². The first kappa shape index (κ1) is 54.4. The van der Waals surface area contributed by atoms with Gasteiger partial charge in [0.05, 0.1) is 26.4 Å². The molecule has 0 fully saturated rings. The van der Waals surface area contributed by atoms with E-state index in [2.05, 4.69) is 62.5 Å². The summed E-state index contributed by atoms with van der Waals surface area (Å²) >= 11 is 0. The van der Waals surface area contributed by atoms with Crippen LogP contribution in [0.2, 0.25) is 0 Å². The van der Waals surface area contributed by atoms with Crippen LogP contribution >= 0.6 is 7.82 Å². The van der Waals surface area contributed by atoms with Crippen LogP contribution in [0.4, 0.5) is 0 Å². The number of esters is 1. The van der Waals surface area contributed by atoms with Crippen LogP contribution in [0, 0.1) is 0 Å². The fraction of sp³-hybridized carbons (Fsp3) is 0.804. The second kappa shape index (κ2) is 43.0. The van der Waals surface area contributed by atoms with Crippen molar-refractivity contribution in [3.8, 4) is 0 Å². The Bertz CT molecular complexity index is 1010. The van der Waals surface area contributed by atoms with Crippen LogP contribution < -0.4 is 0 Å². The molecule has 9 nitrogen and oxygen atoms in total. The SMILES string of the molecule is CCCC/C=C\CCCCCCCCOCC(COP(=O)(O)OCC(O)CO)OC(=O)CCCCCCCCCC/C=C\C/C=C\C/C=C\CCCCCCC. The Morgan fingerprint density at radius 3 is 1.52 bits per heavy atom. The minimum Gasteiger partial charge on any atom is -0.457 e. The van der Waals surface area contributed by atoms with Crippen molar-refractivity contribution < 1.29 is 43.0 Å². The van der Waals surface area contributed by atoms with E-state index in [1.807, 2.05) is 0 Å². The molecule has 0 saturated carbocycles. The predicted octanol–water partition coefficient (Wildman–Crippen LogP) is 12.6. The Labute approximate surface area is 343 Å². The van der Waals surface area contributed by atoms with Crippen LogP contribution in [0.15, 0.2) is 48.6 Å². The lowest BCUT2D eigenvalue weighted by Gasteiger charge is -2.20. The largest absolute Gasteiger partial charge is 0.472 e. The highest BCUT2D eigenvalue weighted by molar-refractivity contribution is 7.47. The van der Waals surface area contributed by atoms with Crippen LogP contribution in [0.5, 0.6) is 0 Å². The number of unbranched alkanes of at least 4 members (excludes halogenated alkanes) is 21. The number of hydrogen-bond donors (Lipinski definition) is 3. The zero-order valence-electron chi connectivity index (χ0n) is 35.8. The summed E-state index contributed by atoms with van der Waals surface area (Å²) in [6.45, 7) is 3.45. The van der Waals surface area contributed by atoms with E-state index in [4.69, 9.17) is 23.6 Å². The Morgan fingerprint density at radius 2 is 0.982 bits per heavy atom. The van der Waals surface area contributed by atoms with E-state index in [9.17, 15) is 19.4 Å². The number of hydrogen-bond acceptors (Lipinski definition) is 8. The maximum Gasteiger partial charge on any atom is 0.472 e. The van der Waals surface area contributed by atoms with Crippen molar-refractivity contribution in [1.82, 2.24) is 0 Å². The standard InChI is InChI=1S/C46H85O9P/c1-3-5-7-9-11-13-15-17-18-19-20-21-22-23-24-25-26-27-28-30-32-34-36-38-46(49)55-45(43-54-56(50,51)53-41-44(48)40-47)42-52-39-37-35-33-31-29-16-14-12-10-8-6-4-2/h10,12,15,17,19-20,22-23,44-45,47-48H,3-9,11,13-14,16,18,21,24-43H2,1-2H3,(H,50,51)/b12-10-,17-15-,20-19-,23-22-. The summed E-state index contributed by atoms with van der Waals surface area (Å²) in [4.78, 5) is 22.6. The number of aliphatic hydroxyl groups excluding tert-OH is 2. The molecule has 0 aliphatic carbocycles. The third-order valence-electron chi connectivity index (χ3n) is 9.49. The lowest BCUT2D eigenvalue weighted by Crippen LogP contribution is -2.29. The molecule has 0 saturated heterocycles. The third kappa shape index (κ3) is 42.0. The van der Waals surface area contributed by atoms with Crippen molar-refractivity contribution in [2.45, 2.75) is 206 Å². The fourth-order valence-electron chi connectivity index (χ4n) is 5.99. The van der Waals surface area contributed by atoms with Gasteiger partial charge in [-0.15, -0.1) is 0 Å². The molecule has 0 aliphatic rings. The zero-order chi connectivity index (χ0) is 41.1. The van der Waals surface area contributed by atoms with E-state index in [1.54, 1.807) is 0 Å². The molecule has 0 bridgehead atoms. The van der Waals surface area contributed by atoms with Gasteiger partial charge in [-0.2, -0.15) is 0 Å².